The summed E-state index contributed by atoms with van der Waals surface area (Å²) in [6.07, 6.45) is 2.44. The van der Waals surface area contributed by atoms with Gasteiger partial charge in [0.25, 0.3) is 0 Å². The molecule has 1 amide bonds. The van der Waals surface area contributed by atoms with E-state index in [0.717, 1.165) is 19.0 Å². The molecular weight excluding hydrogens is 236 g/mol. The molecule has 1 fully saturated rings. The fourth-order valence-corrected chi connectivity index (χ4v) is 2.48. The normalized spacial score (nSPS) is 17.4. The Balaban J connectivity index is 1.79. The Morgan fingerprint density at radius 3 is 2.53 bits per heavy atom. The van der Waals surface area contributed by atoms with Crippen LogP contribution in [0.15, 0.2) is 30.3 Å². The number of piperidine rings is 1. The topological polar surface area (TPSA) is 23.6 Å². The van der Waals surface area contributed by atoms with Crippen LogP contribution in [0.4, 0.5) is 0 Å². The van der Waals surface area contributed by atoms with Gasteiger partial charge in [-0.3, -0.25) is 9.69 Å². The molecule has 1 aliphatic rings. The second-order valence-electron chi connectivity index (χ2n) is 5.69. The molecule has 104 valence electrons. The number of hydrogen-bond donors (Lipinski definition) is 0. The smallest absolute Gasteiger partial charge is 0.236 e. The fraction of sp³-hybridized carbons (Fsp3) is 0.562. The van der Waals surface area contributed by atoms with Gasteiger partial charge in [0.15, 0.2) is 0 Å². The van der Waals surface area contributed by atoms with Crippen molar-refractivity contribution in [3.05, 3.63) is 35.9 Å². The summed E-state index contributed by atoms with van der Waals surface area (Å²) in [5.74, 6) is 1.03. The van der Waals surface area contributed by atoms with E-state index in [1.165, 1.54) is 18.4 Å². The Morgan fingerprint density at radius 1 is 1.26 bits per heavy atom. The summed E-state index contributed by atoms with van der Waals surface area (Å²) in [4.78, 5) is 16.3. The zero-order valence-corrected chi connectivity index (χ0v) is 12.0. The van der Waals surface area contributed by atoms with Gasteiger partial charge in [-0.05, 0) is 37.4 Å². The van der Waals surface area contributed by atoms with Gasteiger partial charge in [-0.15, -0.1) is 0 Å². The lowest BCUT2D eigenvalue weighted by Crippen LogP contribution is -2.41. The number of hydrogen-bond acceptors (Lipinski definition) is 2. The third kappa shape index (κ3) is 4.35. The van der Waals surface area contributed by atoms with Crippen molar-refractivity contribution in [3.8, 4) is 0 Å². The summed E-state index contributed by atoms with van der Waals surface area (Å²) >= 11 is 0. The minimum absolute atomic E-state index is 0.221. The van der Waals surface area contributed by atoms with E-state index in [0.29, 0.717) is 13.1 Å². The maximum Gasteiger partial charge on any atom is 0.236 e. The van der Waals surface area contributed by atoms with Gasteiger partial charge in [-0.2, -0.15) is 0 Å². The van der Waals surface area contributed by atoms with Crippen LogP contribution in [-0.2, 0) is 11.3 Å². The van der Waals surface area contributed by atoms with Crippen LogP contribution in [0.5, 0.6) is 0 Å². The van der Waals surface area contributed by atoms with E-state index in [4.69, 9.17) is 0 Å². The van der Waals surface area contributed by atoms with Gasteiger partial charge in [0.2, 0.25) is 5.91 Å². The van der Waals surface area contributed by atoms with Gasteiger partial charge in [-0.25, -0.2) is 0 Å². The highest BCUT2D eigenvalue weighted by molar-refractivity contribution is 5.78. The number of nitrogens with zero attached hydrogens (tertiary/aromatic N) is 2. The van der Waals surface area contributed by atoms with Gasteiger partial charge >= 0.3 is 0 Å². The van der Waals surface area contributed by atoms with Crippen molar-refractivity contribution in [2.45, 2.75) is 26.3 Å². The summed E-state index contributed by atoms with van der Waals surface area (Å²) in [6, 6.07) is 10.2. The molecule has 0 aliphatic carbocycles. The standard InChI is InChI=1S/C16H24N2O/c1-14-8-10-18(11-9-14)13-16(19)17(2)12-15-6-4-3-5-7-15/h3-7,14H,8-13H2,1-2H3. The second-order valence-corrected chi connectivity index (χ2v) is 5.69. The molecule has 0 spiro atoms. The van der Waals surface area contributed by atoms with Crippen molar-refractivity contribution in [3.63, 3.8) is 0 Å². The Labute approximate surface area is 116 Å². The number of benzene rings is 1. The number of rotatable bonds is 4. The molecule has 1 heterocycles. The lowest BCUT2D eigenvalue weighted by molar-refractivity contribution is -0.132. The number of likely N-dealkylation sites (tertiary alicyclic amines) is 1. The molecular formula is C16H24N2O. The molecule has 1 aromatic rings. The molecule has 0 unspecified atom stereocenters. The van der Waals surface area contributed by atoms with Gasteiger partial charge in [0.1, 0.15) is 0 Å². The predicted molar refractivity (Wildman–Crippen MR) is 77.8 cm³/mol. The molecule has 0 saturated carbocycles. The van der Waals surface area contributed by atoms with Crippen LogP contribution in [0.25, 0.3) is 0 Å². The second kappa shape index (κ2) is 6.71. The van der Waals surface area contributed by atoms with Crippen molar-refractivity contribution < 1.29 is 4.79 Å². The highest BCUT2D eigenvalue weighted by atomic mass is 16.2. The minimum Gasteiger partial charge on any atom is -0.340 e. The third-order valence-corrected chi connectivity index (χ3v) is 3.92. The number of carbonyl (C=O) groups is 1. The monoisotopic (exact) mass is 260 g/mol. The zero-order valence-electron chi connectivity index (χ0n) is 12.0. The molecule has 0 aromatic heterocycles. The molecule has 1 aliphatic heterocycles. The van der Waals surface area contributed by atoms with Gasteiger partial charge < -0.3 is 4.90 Å². The first kappa shape index (κ1) is 14.1. The van der Waals surface area contributed by atoms with Crippen molar-refractivity contribution in [2.75, 3.05) is 26.7 Å². The molecule has 0 atom stereocenters. The van der Waals surface area contributed by atoms with Crippen LogP contribution in [0.3, 0.4) is 0 Å². The van der Waals surface area contributed by atoms with E-state index in [1.54, 1.807) is 0 Å². The molecule has 0 N–H and O–H groups in total. The average molecular weight is 260 g/mol. The van der Waals surface area contributed by atoms with E-state index in [1.807, 2.05) is 30.1 Å². The van der Waals surface area contributed by atoms with Crippen molar-refractivity contribution in [1.82, 2.24) is 9.80 Å². The minimum atomic E-state index is 0.221. The molecule has 3 nitrogen and oxygen atoms in total. The van der Waals surface area contributed by atoms with Gasteiger partial charge in [-0.1, -0.05) is 37.3 Å². The Hall–Kier alpha value is -1.35. The molecule has 0 bridgehead atoms. The Bertz CT molecular complexity index is 396. The number of amides is 1. The van der Waals surface area contributed by atoms with E-state index in [9.17, 15) is 4.79 Å². The number of carbonyl (C=O) groups excluding carboxylic acids is 1. The summed E-state index contributed by atoms with van der Waals surface area (Å²) in [5, 5.41) is 0. The first-order chi connectivity index (χ1) is 9.15. The zero-order chi connectivity index (χ0) is 13.7. The van der Waals surface area contributed by atoms with Crippen molar-refractivity contribution in [1.29, 1.82) is 0 Å². The maximum absolute atomic E-state index is 12.2. The lowest BCUT2D eigenvalue weighted by atomic mass is 9.99. The van der Waals surface area contributed by atoms with Crippen LogP contribution >= 0.6 is 0 Å². The molecule has 1 saturated heterocycles. The van der Waals surface area contributed by atoms with Crippen LogP contribution in [0, 0.1) is 5.92 Å². The van der Waals surface area contributed by atoms with Gasteiger partial charge in [0, 0.05) is 13.6 Å². The maximum atomic E-state index is 12.2. The van der Waals surface area contributed by atoms with Gasteiger partial charge in [0.05, 0.1) is 6.54 Å². The largest absolute Gasteiger partial charge is 0.340 e. The summed E-state index contributed by atoms with van der Waals surface area (Å²) in [7, 11) is 1.89. The lowest BCUT2D eigenvalue weighted by Gasteiger charge is -2.31. The fourth-order valence-electron chi connectivity index (χ4n) is 2.48. The van der Waals surface area contributed by atoms with Crippen LogP contribution in [0.1, 0.15) is 25.3 Å². The van der Waals surface area contributed by atoms with E-state index >= 15 is 0 Å². The first-order valence-corrected chi connectivity index (χ1v) is 7.15. The summed E-state index contributed by atoms with van der Waals surface area (Å²) < 4.78 is 0. The average Bonchev–Trinajstić information content (AvgIpc) is 2.42. The molecule has 19 heavy (non-hydrogen) atoms. The highest BCUT2D eigenvalue weighted by Gasteiger charge is 2.19. The molecule has 0 radical (unpaired) electrons. The Morgan fingerprint density at radius 2 is 1.89 bits per heavy atom. The molecule has 1 aromatic carbocycles. The predicted octanol–water partition coefficient (Wildman–Crippen LogP) is 2.38. The van der Waals surface area contributed by atoms with Crippen LogP contribution < -0.4 is 0 Å². The molecule has 2 rings (SSSR count). The van der Waals surface area contributed by atoms with Crippen LogP contribution in [-0.4, -0.2) is 42.4 Å². The summed E-state index contributed by atoms with van der Waals surface area (Å²) in [6.45, 7) is 5.68. The van der Waals surface area contributed by atoms with Crippen molar-refractivity contribution in [2.24, 2.45) is 5.92 Å². The Kier molecular flexibility index (Phi) is 4.97. The van der Waals surface area contributed by atoms with Crippen molar-refractivity contribution >= 4 is 5.91 Å². The van der Waals surface area contributed by atoms with Crippen LogP contribution in [0.2, 0.25) is 0 Å². The SMILES string of the molecule is CC1CCN(CC(=O)N(C)Cc2ccccc2)CC1. The third-order valence-electron chi connectivity index (χ3n) is 3.92. The number of likely N-dealkylation sites (N-methyl/N-ethyl adjacent to an activating group) is 1. The van der Waals surface area contributed by atoms with E-state index in [2.05, 4.69) is 24.0 Å². The molecule has 3 heteroatoms. The quantitative estimate of drug-likeness (QED) is 0.830. The highest BCUT2D eigenvalue weighted by Crippen LogP contribution is 2.15. The summed E-state index contributed by atoms with van der Waals surface area (Å²) in [5.41, 5.74) is 1.19. The first-order valence-electron chi connectivity index (χ1n) is 7.15. The van der Waals surface area contributed by atoms with E-state index in [-0.39, 0.29) is 5.91 Å². The van der Waals surface area contributed by atoms with E-state index < -0.39 is 0 Å².